The van der Waals surface area contributed by atoms with Crippen molar-refractivity contribution in [1.82, 2.24) is 5.32 Å². The number of hydrogen-bond acceptors (Lipinski definition) is 4. The van der Waals surface area contributed by atoms with Crippen LogP contribution in [0.15, 0.2) is 18.2 Å². The number of hydrogen-bond donors (Lipinski definition) is 2. The lowest BCUT2D eigenvalue weighted by Gasteiger charge is -2.20. The molecule has 0 spiro atoms. The number of nitrogens with one attached hydrogen (secondary N) is 1. The average Bonchev–Trinajstić information content (AvgIpc) is 2.93. The number of methoxy groups -OCH3 is 1. The van der Waals surface area contributed by atoms with E-state index < -0.39 is 0 Å². The Hall–Kier alpha value is -0.810. The van der Waals surface area contributed by atoms with Gasteiger partial charge in [-0.2, -0.15) is 0 Å². The van der Waals surface area contributed by atoms with Gasteiger partial charge in [0.1, 0.15) is 5.75 Å². The summed E-state index contributed by atoms with van der Waals surface area (Å²) in [5.74, 6) is 0.640. The summed E-state index contributed by atoms with van der Waals surface area (Å²) in [5, 5.41) is 13.4. The minimum atomic E-state index is -0.132. The number of aliphatic hydroxyl groups is 1. The third kappa shape index (κ3) is 3.83. The summed E-state index contributed by atoms with van der Waals surface area (Å²) in [6.07, 6.45) is 2.45. The lowest BCUT2D eigenvalue weighted by Crippen LogP contribution is -2.31. The van der Waals surface area contributed by atoms with Crippen molar-refractivity contribution >= 4 is 11.6 Å². The molecule has 1 aliphatic heterocycles. The second-order valence-electron chi connectivity index (χ2n) is 4.67. The van der Waals surface area contributed by atoms with E-state index in [0.29, 0.717) is 10.8 Å². The zero-order valence-corrected chi connectivity index (χ0v) is 11.8. The molecule has 1 saturated heterocycles. The molecule has 106 valence electrons. The van der Waals surface area contributed by atoms with Gasteiger partial charge in [-0.05, 0) is 30.5 Å². The van der Waals surface area contributed by atoms with Gasteiger partial charge >= 0.3 is 0 Å². The lowest BCUT2D eigenvalue weighted by atomic mass is 10.1. The van der Waals surface area contributed by atoms with E-state index in [1.165, 1.54) is 0 Å². The summed E-state index contributed by atoms with van der Waals surface area (Å²) in [7, 11) is 1.58. The highest BCUT2D eigenvalue weighted by Crippen LogP contribution is 2.27. The molecule has 1 aliphatic rings. The van der Waals surface area contributed by atoms with Crippen molar-refractivity contribution in [1.29, 1.82) is 0 Å². The average molecular weight is 286 g/mol. The van der Waals surface area contributed by atoms with Crippen molar-refractivity contribution in [3.63, 3.8) is 0 Å². The molecule has 19 heavy (non-hydrogen) atoms. The summed E-state index contributed by atoms with van der Waals surface area (Å²) in [4.78, 5) is 0. The van der Waals surface area contributed by atoms with Gasteiger partial charge in [-0.15, -0.1) is 0 Å². The van der Waals surface area contributed by atoms with E-state index in [4.69, 9.17) is 21.1 Å². The van der Waals surface area contributed by atoms with Gasteiger partial charge in [0.15, 0.2) is 0 Å². The van der Waals surface area contributed by atoms with Gasteiger partial charge in [-0.1, -0.05) is 17.7 Å². The van der Waals surface area contributed by atoms with Gasteiger partial charge in [0.05, 0.1) is 30.9 Å². The predicted molar refractivity (Wildman–Crippen MR) is 74.8 cm³/mol. The van der Waals surface area contributed by atoms with Crippen molar-refractivity contribution in [3.05, 3.63) is 28.8 Å². The first kappa shape index (κ1) is 14.6. The SMILES string of the molecule is COc1ccc(C(CO)NCC2CCCO2)cc1Cl. The largest absolute Gasteiger partial charge is 0.495 e. The van der Waals surface area contributed by atoms with Crippen molar-refractivity contribution in [2.45, 2.75) is 25.0 Å². The molecule has 0 radical (unpaired) electrons. The molecule has 0 amide bonds. The molecule has 2 rings (SSSR count). The Morgan fingerprint density at radius 1 is 1.58 bits per heavy atom. The zero-order valence-electron chi connectivity index (χ0n) is 11.1. The molecule has 1 fully saturated rings. The third-order valence-electron chi connectivity index (χ3n) is 3.38. The maximum atomic E-state index is 9.49. The topological polar surface area (TPSA) is 50.7 Å². The van der Waals surface area contributed by atoms with Crippen molar-refractivity contribution in [2.24, 2.45) is 0 Å². The Balaban J connectivity index is 1.97. The standard InChI is InChI=1S/C14H20ClNO3/c1-18-14-5-4-10(7-12(14)15)13(9-17)16-8-11-3-2-6-19-11/h4-5,7,11,13,16-17H,2-3,6,8-9H2,1H3. The van der Waals surface area contributed by atoms with Crippen LogP contribution in [0.1, 0.15) is 24.4 Å². The molecule has 0 aliphatic carbocycles. The van der Waals surface area contributed by atoms with Crippen LogP contribution in [-0.2, 0) is 4.74 Å². The minimum Gasteiger partial charge on any atom is -0.495 e. The van der Waals surface area contributed by atoms with Gasteiger partial charge in [-0.3, -0.25) is 0 Å². The fourth-order valence-electron chi connectivity index (χ4n) is 2.27. The second kappa shape index (κ2) is 7.10. The summed E-state index contributed by atoms with van der Waals surface area (Å²) < 4.78 is 10.7. The van der Waals surface area contributed by atoms with E-state index in [1.54, 1.807) is 7.11 Å². The molecule has 2 atom stereocenters. The molecule has 2 unspecified atom stereocenters. The van der Waals surface area contributed by atoms with Crippen LogP contribution in [0, 0.1) is 0 Å². The zero-order chi connectivity index (χ0) is 13.7. The third-order valence-corrected chi connectivity index (χ3v) is 3.67. The van der Waals surface area contributed by atoms with Crippen LogP contribution >= 0.6 is 11.6 Å². The quantitative estimate of drug-likeness (QED) is 0.841. The first-order valence-electron chi connectivity index (χ1n) is 6.54. The second-order valence-corrected chi connectivity index (χ2v) is 5.08. The molecule has 4 nitrogen and oxygen atoms in total. The van der Waals surface area contributed by atoms with E-state index in [-0.39, 0.29) is 18.8 Å². The highest BCUT2D eigenvalue weighted by atomic mass is 35.5. The number of halogens is 1. The first-order valence-corrected chi connectivity index (χ1v) is 6.91. The molecule has 0 saturated carbocycles. The lowest BCUT2D eigenvalue weighted by molar-refractivity contribution is 0.104. The summed E-state index contributed by atoms with van der Waals surface area (Å²) in [6, 6.07) is 5.42. The van der Waals surface area contributed by atoms with Gasteiger partial charge in [-0.25, -0.2) is 0 Å². The molecule has 0 aromatic heterocycles. The van der Waals surface area contributed by atoms with E-state index in [0.717, 1.165) is 31.6 Å². The van der Waals surface area contributed by atoms with Gasteiger partial charge in [0, 0.05) is 13.2 Å². The van der Waals surface area contributed by atoms with Gasteiger partial charge in [0.25, 0.3) is 0 Å². The Labute approximate surface area is 118 Å². The number of rotatable bonds is 6. The maximum Gasteiger partial charge on any atom is 0.137 e. The smallest absolute Gasteiger partial charge is 0.137 e. The Kier molecular flexibility index (Phi) is 5.45. The van der Waals surface area contributed by atoms with Crippen LogP contribution in [0.2, 0.25) is 5.02 Å². The number of ether oxygens (including phenoxy) is 2. The van der Waals surface area contributed by atoms with E-state index in [2.05, 4.69) is 5.32 Å². The van der Waals surface area contributed by atoms with Crippen molar-refractivity contribution < 1.29 is 14.6 Å². The van der Waals surface area contributed by atoms with Crippen molar-refractivity contribution in [3.8, 4) is 5.75 Å². The van der Waals surface area contributed by atoms with E-state index in [1.807, 2.05) is 18.2 Å². The highest BCUT2D eigenvalue weighted by Gasteiger charge is 2.18. The molecule has 1 aromatic carbocycles. The van der Waals surface area contributed by atoms with E-state index >= 15 is 0 Å². The first-order chi connectivity index (χ1) is 9.24. The Morgan fingerprint density at radius 2 is 2.42 bits per heavy atom. The summed E-state index contributed by atoms with van der Waals surface area (Å²) in [6.45, 7) is 1.61. The number of aliphatic hydroxyl groups excluding tert-OH is 1. The molecule has 1 aromatic rings. The maximum absolute atomic E-state index is 9.49. The van der Waals surface area contributed by atoms with Gasteiger partial charge < -0.3 is 19.9 Å². The van der Waals surface area contributed by atoms with Crippen LogP contribution in [-0.4, -0.2) is 38.1 Å². The molecular weight excluding hydrogens is 266 g/mol. The molecule has 5 heteroatoms. The highest BCUT2D eigenvalue weighted by molar-refractivity contribution is 6.32. The monoisotopic (exact) mass is 285 g/mol. The van der Waals surface area contributed by atoms with Crippen LogP contribution < -0.4 is 10.1 Å². The van der Waals surface area contributed by atoms with Crippen LogP contribution in [0.4, 0.5) is 0 Å². The fraction of sp³-hybridized carbons (Fsp3) is 0.571. The van der Waals surface area contributed by atoms with Crippen LogP contribution in [0.3, 0.4) is 0 Å². The molecule has 1 heterocycles. The fourth-order valence-corrected chi connectivity index (χ4v) is 2.53. The van der Waals surface area contributed by atoms with Crippen LogP contribution in [0.5, 0.6) is 5.75 Å². The Bertz CT molecular complexity index is 408. The van der Waals surface area contributed by atoms with E-state index in [9.17, 15) is 5.11 Å². The molecular formula is C14H20ClNO3. The molecule has 0 bridgehead atoms. The molecule has 2 N–H and O–H groups in total. The normalized spacial score (nSPS) is 20.5. The van der Waals surface area contributed by atoms with Crippen molar-refractivity contribution in [2.75, 3.05) is 26.9 Å². The van der Waals surface area contributed by atoms with Gasteiger partial charge in [0.2, 0.25) is 0 Å². The van der Waals surface area contributed by atoms with Crippen LogP contribution in [0.25, 0.3) is 0 Å². The Morgan fingerprint density at radius 3 is 3.00 bits per heavy atom. The number of benzene rings is 1. The summed E-state index contributed by atoms with van der Waals surface area (Å²) in [5.41, 5.74) is 0.950. The minimum absolute atomic E-state index is 0.0232. The predicted octanol–water partition coefficient (Wildman–Crippen LogP) is 2.15. The summed E-state index contributed by atoms with van der Waals surface area (Å²) >= 11 is 6.10.